The van der Waals surface area contributed by atoms with Crippen LogP contribution in [0.1, 0.15) is 18.9 Å². The summed E-state index contributed by atoms with van der Waals surface area (Å²) in [6.45, 7) is 4.64. The van der Waals surface area contributed by atoms with Crippen molar-refractivity contribution in [3.63, 3.8) is 0 Å². The highest BCUT2D eigenvalue weighted by Crippen LogP contribution is 2.25. The summed E-state index contributed by atoms with van der Waals surface area (Å²) in [5.41, 5.74) is 0.917. The van der Waals surface area contributed by atoms with E-state index in [1.165, 1.54) is 5.56 Å². The zero-order valence-corrected chi connectivity index (χ0v) is 8.61. The molecule has 1 aliphatic heterocycles. The van der Waals surface area contributed by atoms with Crippen LogP contribution in [0.15, 0.2) is 30.3 Å². The van der Waals surface area contributed by atoms with Gasteiger partial charge >= 0.3 is 0 Å². The maximum atomic E-state index is 9.83. The molecule has 0 bridgehead atoms. The molecule has 0 radical (unpaired) electrons. The fourth-order valence-corrected chi connectivity index (χ4v) is 1.96. The van der Waals surface area contributed by atoms with Crippen LogP contribution in [0.3, 0.4) is 0 Å². The number of hydrogen-bond acceptors (Lipinski definition) is 2. The summed E-state index contributed by atoms with van der Waals surface area (Å²) in [4.78, 5) is 2.28. The number of likely N-dealkylation sites (tertiary alicyclic amines) is 1. The summed E-state index contributed by atoms with van der Waals surface area (Å²) in [7, 11) is 0. The first-order valence-corrected chi connectivity index (χ1v) is 5.20. The Hall–Kier alpha value is -0.860. The van der Waals surface area contributed by atoms with Gasteiger partial charge in [0.25, 0.3) is 0 Å². The van der Waals surface area contributed by atoms with Crippen molar-refractivity contribution in [3.8, 4) is 0 Å². The number of aliphatic hydroxyl groups is 1. The maximum absolute atomic E-state index is 9.83. The standard InChI is InChI=1S/C12H17NO/c1-2-12(14)9-13(10-12)8-11-6-4-3-5-7-11/h3-7,14H,2,8-10H2,1H3. The van der Waals surface area contributed by atoms with Gasteiger partial charge in [0.2, 0.25) is 0 Å². The second-order valence-corrected chi connectivity index (χ2v) is 4.21. The molecule has 1 saturated heterocycles. The van der Waals surface area contributed by atoms with Crippen LogP contribution in [0.2, 0.25) is 0 Å². The van der Waals surface area contributed by atoms with Crippen molar-refractivity contribution < 1.29 is 5.11 Å². The van der Waals surface area contributed by atoms with Crippen molar-refractivity contribution in [1.29, 1.82) is 0 Å². The lowest BCUT2D eigenvalue weighted by molar-refractivity contribution is -0.103. The van der Waals surface area contributed by atoms with E-state index in [4.69, 9.17) is 0 Å². The molecule has 1 N–H and O–H groups in total. The fourth-order valence-electron chi connectivity index (χ4n) is 1.96. The van der Waals surface area contributed by atoms with Gasteiger partial charge in [-0.05, 0) is 12.0 Å². The largest absolute Gasteiger partial charge is 0.387 e. The van der Waals surface area contributed by atoms with Gasteiger partial charge in [-0.3, -0.25) is 4.90 Å². The van der Waals surface area contributed by atoms with Crippen molar-refractivity contribution in [1.82, 2.24) is 4.90 Å². The van der Waals surface area contributed by atoms with Crippen LogP contribution < -0.4 is 0 Å². The molecule has 1 aromatic rings. The average Bonchev–Trinajstić information content (AvgIpc) is 2.17. The lowest BCUT2D eigenvalue weighted by Crippen LogP contribution is -2.60. The molecule has 0 unspecified atom stereocenters. The predicted octanol–water partition coefficient (Wildman–Crippen LogP) is 1.64. The Bertz CT molecular complexity index is 290. The molecule has 0 saturated carbocycles. The van der Waals surface area contributed by atoms with E-state index in [0.29, 0.717) is 0 Å². The molecule has 1 fully saturated rings. The van der Waals surface area contributed by atoms with E-state index in [2.05, 4.69) is 29.2 Å². The quantitative estimate of drug-likeness (QED) is 0.785. The highest BCUT2D eigenvalue weighted by Gasteiger charge is 2.38. The van der Waals surface area contributed by atoms with E-state index in [1.807, 2.05) is 13.0 Å². The zero-order chi connectivity index (χ0) is 10.0. The Balaban J connectivity index is 1.85. The highest BCUT2D eigenvalue weighted by molar-refractivity contribution is 5.15. The summed E-state index contributed by atoms with van der Waals surface area (Å²) in [5.74, 6) is 0. The van der Waals surface area contributed by atoms with Crippen LogP contribution >= 0.6 is 0 Å². The summed E-state index contributed by atoms with van der Waals surface area (Å²) in [6, 6.07) is 10.4. The summed E-state index contributed by atoms with van der Waals surface area (Å²) in [6.07, 6.45) is 0.859. The van der Waals surface area contributed by atoms with Crippen LogP contribution in [-0.4, -0.2) is 28.7 Å². The fraction of sp³-hybridized carbons (Fsp3) is 0.500. The summed E-state index contributed by atoms with van der Waals surface area (Å²) in [5, 5.41) is 9.83. The Labute approximate surface area is 85.2 Å². The Kier molecular flexibility index (Phi) is 2.57. The monoisotopic (exact) mass is 191 g/mol. The Morgan fingerprint density at radius 3 is 2.50 bits per heavy atom. The molecule has 14 heavy (non-hydrogen) atoms. The first-order chi connectivity index (χ1) is 6.72. The van der Waals surface area contributed by atoms with Gasteiger partial charge < -0.3 is 5.11 Å². The van der Waals surface area contributed by atoms with Gasteiger partial charge in [0, 0.05) is 19.6 Å². The summed E-state index contributed by atoms with van der Waals surface area (Å²) >= 11 is 0. The number of nitrogens with zero attached hydrogens (tertiary/aromatic N) is 1. The third-order valence-corrected chi connectivity index (χ3v) is 2.94. The van der Waals surface area contributed by atoms with Crippen molar-refractivity contribution in [2.75, 3.05) is 13.1 Å². The Morgan fingerprint density at radius 2 is 1.93 bits per heavy atom. The third kappa shape index (κ3) is 1.97. The molecule has 76 valence electrons. The van der Waals surface area contributed by atoms with E-state index in [0.717, 1.165) is 26.1 Å². The van der Waals surface area contributed by atoms with Crippen molar-refractivity contribution in [2.24, 2.45) is 0 Å². The molecular formula is C12H17NO. The SMILES string of the molecule is CCC1(O)CN(Cc2ccccc2)C1. The van der Waals surface area contributed by atoms with Crippen molar-refractivity contribution in [3.05, 3.63) is 35.9 Å². The highest BCUT2D eigenvalue weighted by atomic mass is 16.3. The van der Waals surface area contributed by atoms with E-state index in [-0.39, 0.29) is 0 Å². The molecule has 0 amide bonds. The Morgan fingerprint density at radius 1 is 1.29 bits per heavy atom. The van der Waals surface area contributed by atoms with Crippen molar-refractivity contribution in [2.45, 2.75) is 25.5 Å². The van der Waals surface area contributed by atoms with E-state index in [1.54, 1.807) is 0 Å². The van der Waals surface area contributed by atoms with Gasteiger partial charge in [-0.2, -0.15) is 0 Å². The molecular weight excluding hydrogens is 174 g/mol. The number of benzene rings is 1. The van der Waals surface area contributed by atoms with Gasteiger partial charge in [-0.1, -0.05) is 37.3 Å². The summed E-state index contributed by atoms with van der Waals surface area (Å²) < 4.78 is 0. The minimum absolute atomic E-state index is 0.408. The first-order valence-electron chi connectivity index (χ1n) is 5.20. The molecule has 0 atom stereocenters. The van der Waals surface area contributed by atoms with E-state index < -0.39 is 5.60 Å². The van der Waals surface area contributed by atoms with Crippen LogP contribution in [0.5, 0.6) is 0 Å². The zero-order valence-electron chi connectivity index (χ0n) is 8.61. The van der Waals surface area contributed by atoms with Gasteiger partial charge in [0.15, 0.2) is 0 Å². The maximum Gasteiger partial charge on any atom is 0.0897 e. The number of β-amino-alcohol motifs (C(OH)–C–C–N with tert-alkyl or cyclic N) is 1. The molecule has 2 heteroatoms. The second-order valence-electron chi connectivity index (χ2n) is 4.21. The second kappa shape index (κ2) is 3.71. The smallest absolute Gasteiger partial charge is 0.0897 e. The van der Waals surface area contributed by atoms with Gasteiger partial charge in [0.05, 0.1) is 5.60 Å². The predicted molar refractivity (Wildman–Crippen MR) is 57.0 cm³/mol. The normalized spacial score (nSPS) is 20.4. The topological polar surface area (TPSA) is 23.5 Å². The molecule has 0 aromatic heterocycles. The van der Waals surface area contributed by atoms with E-state index in [9.17, 15) is 5.11 Å². The van der Waals surface area contributed by atoms with Crippen LogP contribution in [0, 0.1) is 0 Å². The minimum Gasteiger partial charge on any atom is -0.387 e. The average molecular weight is 191 g/mol. The third-order valence-electron chi connectivity index (χ3n) is 2.94. The molecule has 1 aromatic carbocycles. The number of rotatable bonds is 3. The van der Waals surface area contributed by atoms with Crippen LogP contribution in [0.25, 0.3) is 0 Å². The van der Waals surface area contributed by atoms with Gasteiger partial charge in [-0.15, -0.1) is 0 Å². The van der Waals surface area contributed by atoms with E-state index >= 15 is 0 Å². The molecule has 1 aliphatic rings. The lowest BCUT2D eigenvalue weighted by Gasteiger charge is -2.46. The molecule has 2 nitrogen and oxygen atoms in total. The molecule has 0 aliphatic carbocycles. The van der Waals surface area contributed by atoms with Crippen LogP contribution in [0.4, 0.5) is 0 Å². The number of hydrogen-bond donors (Lipinski definition) is 1. The van der Waals surface area contributed by atoms with Crippen LogP contribution in [-0.2, 0) is 6.54 Å². The molecule has 1 heterocycles. The first kappa shape index (κ1) is 9.69. The van der Waals surface area contributed by atoms with Crippen molar-refractivity contribution >= 4 is 0 Å². The molecule has 0 spiro atoms. The lowest BCUT2D eigenvalue weighted by atomic mass is 9.91. The van der Waals surface area contributed by atoms with Gasteiger partial charge in [-0.25, -0.2) is 0 Å². The minimum atomic E-state index is -0.408. The van der Waals surface area contributed by atoms with Gasteiger partial charge in [0.1, 0.15) is 0 Å². The molecule has 2 rings (SSSR count).